The molecule has 0 saturated heterocycles. The molecule has 1 N–H and O–H groups in total. The number of nitrogens with zero attached hydrogens (tertiary/aromatic N) is 1. The second kappa shape index (κ2) is 8.76. The molecule has 2 aromatic carbocycles. The zero-order chi connectivity index (χ0) is 22.0. The molecule has 2 aromatic rings. The zero-order valence-corrected chi connectivity index (χ0v) is 17.8. The highest BCUT2D eigenvalue weighted by molar-refractivity contribution is 6.29. The van der Waals surface area contributed by atoms with Crippen LogP contribution in [-0.2, 0) is 4.79 Å². The van der Waals surface area contributed by atoms with E-state index >= 15 is 0 Å². The van der Waals surface area contributed by atoms with Crippen molar-refractivity contribution in [1.29, 1.82) is 0 Å². The Morgan fingerprint density at radius 3 is 2.13 bits per heavy atom. The first-order valence-corrected chi connectivity index (χ1v) is 10.6. The molecule has 0 unspecified atom stereocenters. The minimum Gasteiger partial charge on any atom is -0.497 e. The minimum atomic E-state index is -0.344. The monoisotopic (exact) mass is 418 g/mol. The Labute approximate surface area is 181 Å². The highest BCUT2D eigenvalue weighted by atomic mass is 16.5. The Kier molecular flexibility index (Phi) is 5.89. The SMILES string of the molecule is COc1ccc(N(C(C)=O)C2=C(NC3CCCCC3)C(=O)c3ccccc3C2=O)cc1. The molecule has 2 aliphatic carbocycles. The van der Waals surface area contributed by atoms with Crippen LogP contribution >= 0.6 is 0 Å². The quantitative estimate of drug-likeness (QED) is 0.785. The third-order valence-corrected chi connectivity index (χ3v) is 5.92. The van der Waals surface area contributed by atoms with E-state index in [0.717, 1.165) is 25.7 Å². The fourth-order valence-corrected chi connectivity index (χ4v) is 4.36. The van der Waals surface area contributed by atoms with Crippen molar-refractivity contribution < 1.29 is 19.1 Å². The number of ketones is 2. The van der Waals surface area contributed by atoms with E-state index in [0.29, 0.717) is 22.6 Å². The van der Waals surface area contributed by atoms with E-state index in [-0.39, 0.29) is 34.9 Å². The van der Waals surface area contributed by atoms with Gasteiger partial charge in [0, 0.05) is 29.8 Å². The first kappa shape index (κ1) is 20.8. The lowest BCUT2D eigenvalue weighted by Gasteiger charge is -2.32. The lowest BCUT2D eigenvalue weighted by atomic mass is 9.88. The smallest absolute Gasteiger partial charge is 0.228 e. The molecule has 2 aliphatic rings. The van der Waals surface area contributed by atoms with Crippen molar-refractivity contribution in [3.8, 4) is 5.75 Å². The van der Waals surface area contributed by atoms with E-state index < -0.39 is 0 Å². The number of methoxy groups -OCH3 is 1. The number of anilines is 1. The van der Waals surface area contributed by atoms with Gasteiger partial charge in [-0.05, 0) is 37.1 Å². The maximum atomic E-state index is 13.6. The van der Waals surface area contributed by atoms with Gasteiger partial charge in [0.05, 0.1) is 7.11 Å². The Morgan fingerprint density at radius 2 is 1.55 bits per heavy atom. The van der Waals surface area contributed by atoms with Crippen LogP contribution in [0.4, 0.5) is 5.69 Å². The summed E-state index contributed by atoms with van der Waals surface area (Å²) >= 11 is 0. The van der Waals surface area contributed by atoms with Gasteiger partial charge >= 0.3 is 0 Å². The van der Waals surface area contributed by atoms with Crippen LogP contribution in [0.1, 0.15) is 59.7 Å². The summed E-state index contributed by atoms with van der Waals surface area (Å²) in [5.41, 5.74) is 1.49. The third kappa shape index (κ3) is 3.98. The summed E-state index contributed by atoms with van der Waals surface area (Å²) in [7, 11) is 1.56. The summed E-state index contributed by atoms with van der Waals surface area (Å²) in [5, 5.41) is 3.35. The molecule has 1 amide bonds. The Hall–Kier alpha value is -3.41. The first-order valence-electron chi connectivity index (χ1n) is 10.6. The normalized spacial score (nSPS) is 16.7. The number of hydrogen-bond acceptors (Lipinski definition) is 5. The standard InChI is InChI=1S/C25H26N2O4/c1-16(28)27(18-12-14-19(31-2)15-13-18)23-22(26-17-8-4-3-5-9-17)24(29)20-10-6-7-11-21(20)25(23)30/h6-7,10-15,17,26H,3-5,8-9H2,1-2H3. The van der Waals surface area contributed by atoms with Gasteiger partial charge in [0.15, 0.2) is 0 Å². The Morgan fingerprint density at radius 1 is 0.935 bits per heavy atom. The topological polar surface area (TPSA) is 75.7 Å². The maximum Gasteiger partial charge on any atom is 0.228 e. The zero-order valence-electron chi connectivity index (χ0n) is 17.8. The summed E-state index contributed by atoms with van der Waals surface area (Å²) < 4.78 is 5.21. The van der Waals surface area contributed by atoms with E-state index in [1.807, 2.05) is 0 Å². The van der Waals surface area contributed by atoms with Gasteiger partial charge in [-0.3, -0.25) is 19.3 Å². The fraction of sp³-hybridized carbons (Fsp3) is 0.320. The molecule has 0 radical (unpaired) electrons. The molecular weight excluding hydrogens is 392 g/mol. The van der Waals surface area contributed by atoms with Crippen molar-refractivity contribution in [2.75, 3.05) is 12.0 Å². The highest BCUT2D eigenvalue weighted by Crippen LogP contribution is 2.32. The van der Waals surface area contributed by atoms with E-state index in [1.54, 1.807) is 55.6 Å². The van der Waals surface area contributed by atoms with Crippen molar-refractivity contribution in [2.45, 2.75) is 45.1 Å². The van der Waals surface area contributed by atoms with Crippen LogP contribution in [0.15, 0.2) is 59.9 Å². The summed E-state index contributed by atoms with van der Waals surface area (Å²) in [4.78, 5) is 41.2. The van der Waals surface area contributed by atoms with Gasteiger partial charge in [0.1, 0.15) is 17.1 Å². The number of allylic oxidation sites excluding steroid dienone is 2. The predicted octanol–water partition coefficient (Wildman–Crippen LogP) is 4.26. The number of benzene rings is 2. The Balaban J connectivity index is 1.86. The van der Waals surface area contributed by atoms with Crippen molar-refractivity contribution in [3.05, 3.63) is 71.1 Å². The van der Waals surface area contributed by atoms with Gasteiger partial charge in [-0.25, -0.2) is 0 Å². The molecule has 1 fully saturated rings. The molecule has 0 bridgehead atoms. The van der Waals surface area contributed by atoms with Gasteiger partial charge in [-0.2, -0.15) is 0 Å². The number of fused-ring (bicyclic) bond motifs is 1. The van der Waals surface area contributed by atoms with Crippen molar-refractivity contribution in [3.63, 3.8) is 0 Å². The number of carbonyl (C=O) groups excluding carboxylic acids is 3. The van der Waals surface area contributed by atoms with E-state index in [9.17, 15) is 14.4 Å². The van der Waals surface area contributed by atoms with Gasteiger partial charge in [-0.15, -0.1) is 0 Å². The summed E-state index contributed by atoms with van der Waals surface area (Å²) in [6, 6.07) is 13.8. The van der Waals surface area contributed by atoms with E-state index in [2.05, 4.69) is 5.32 Å². The van der Waals surface area contributed by atoms with E-state index in [4.69, 9.17) is 4.74 Å². The lowest BCUT2D eigenvalue weighted by molar-refractivity contribution is -0.116. The van der Waals surface area contributed by atoms with Gasteiger partial charge in [0.25, 0.3) is 0 Å². The number of nitrogens with one attached hydrogen (secondary N) is 1. The molecule has 0 atom stereocenters. The van der Waals surface area contributed by atoms with Crippen LogP contribution in [0.25, 0.3) is 0 Å². The van der Waals surface area contributed by atoms with Gasteiger partial charge in [-0.1, -0.05) is 43.5 Å². The van der Waals surface area contributed by atoms with Crippen molar-refractivity contribution in [2.24, 2.45) is 0 Å². The molecule has 0 aliphatic heterocycles. The highest BCUT2D eigenvalue weighted by Gasteiger charge is 2.38. The minimum absolute atomic E-state index is 0.0898. The molecule has 31 heavy (non-hydrogen) atoms. The molecule has 160 valence electrons. The molecule has 4 rings (SSSR count). The first-order chi connectivity index (χ1) is 15.0. The molecule has 0 heterocycles. The average Bonchev–Trinajstić information content (AvgIpc) is 2.80. The number of amides is 1. The maximum absolute atomic E-state index is 13.6. The largest absolute Gasteiger partial charge is 0.497 e. The third-order valence-electron chi connectivity index (χ3n) is 5.92. The molecular formula is C25H26N2O4. The average molecular weight is 418 g/mol. The molecule has 6 nitrogen and oxygen atoms in total. The fourth-order valence-electron chi connectivity index (χ4n) is 4.36. The number of ether oxygens (including phenoxy) is 1. The van der Waals surface area contributed by atoms with Crippen LogP contribution in [0.3, 0.4) is 0 Å². The lowest BCUT2D eigenvalue weighted by Crippen LogP contribution is -2.43. The number of hydrogen-bond donors (Lipinski definition) is 1. The van der Waals surface area contributed by atoms with Crippen LogP contribution < -0.4 is 15.0 Å². The summed E-state index contributed by atoms with van der Waals surface area (Å²) in [6.45, 7) is 1.40. The van der Waals surface area contributed by atoms with Crippen LogP contribution in [0, 0.1) is 0 Å². The van der Waals surface area contributed by atoms with Crippen LogP contribution in [-0.4, -0.2) is 30.6 Å². The molecule has 0 aromatic heterocycles. The van der Waals surface area contributed by atoms with E-state index in [1.165, 1.54) is 18.2 Å². The van der Waals surface area contributed by atoms with Crippen molar-refractivity contribution >= 4 is 23.2 Å². The second-order valence-electron chi connectivity index (χ2n) is 7.96. The van der Waals surface area contributed by atoms with Gasteiger partial charge < -0.3 is 10.1 Å². The van der Waals surface area contributed by atoms with Crippen LogP contribution in [0.5, 0.6) is 5.75 Å². The number of carbonyl (C=O) groups is 3. The molecule has 1 saturated carbocycles. The second-order valence-corrected chi connectivity index (χ2v) is 7.96. The van der Waals surface area contributed by atoms with Crippen molar-refractivity contribution in [1.82, 2.24) is 5.32 Å². The number of Topliss-reactive ketones (excluding diaryl/α,β-unsaturated/α-hetero) is 2. The Bertz CT molecular complexity index is 1050. The summed E-state index contributed by atoms with van der Waals surface area (Å²) in [5.74, 6) is -0.295. The molecule has 6 heteroatoms. The molecule has 0 spiro atoms. The predicted molar refractivity (Wildman–Crippen MR) is 118 cm³/mol. The summed E-state index contributed by atoms with van der Waals surface area (Å²) in [6.07, 6.45) is 5.19. The number of rotatable bonds is 5. The van der Waals surface area contributed by atoms with Crippen LogP contribution in [0.2, 0.25) is 0 Å². The van der Waals surface area contributed by atoms with Gasteiger partial charge in [0.2, 0.25) is 17.5 Å².